The van der Waals surface area contributed by atoms with E-state index >= 15 is 0 Å². The molecule has 0 aliphatic carbocycles. The molecule has 30 heavy (non-hydrogen) atoms. The zero-order valence-corrected chi connectivity index (χ0v) is 18.4. The van der Waals surface area contributed by atoms with E-state index in [1.807, 2.05) is 61.2 Å². The standard InChI is InChI=1S/C25H32N2O3/c1-5-6-15-27-23(28)14-13-20(24(27)19-9-7-8-10-22(19)30-4)25(29)26-21-16-17(2)11-12-18(21)3/h7-12,16,20,24H,5-6,13-15H2,1-4H3,(H,26,29)/t20-,24+/m1/s1. The number of nitrogens with one attached hydrogen (secondary N) is 1. The molecule has 160 valence electrons. The Bertz CT molecular complexity index is 909. The lowest BCUT2D eigenvalue weighted by molar-refractivity contribution is -0.142. The Morgan fingerprint density at radius 3 is 2.70 bits per heavy atom. The summed E-state index contributed by atoms with van der Waals surface area (Å²) in [6, 6.07) is 13.4. The van der Waals surface area contributed by atoms with Crippen LogP contribution in [-0.2, 0) is 9.59 Å². The maximum atomic E-state index is 13.5. The van der Waals surface area contributed by atoms with E-state index in [9.17, 15) is 9.59 Å². The lowest BCUT2D eigenvalue weighted by atomic mass is 9.83. The number of benzene rings is 2. The zero-order chi connectivity index (χ0) is 21.7. The number of carbonyl (C=O) groups excluding carboxylic acids is 2. The number of nitrogens with zero attached hydrogens (tertiary/aromatic N) is 1. The van der Waals surface area contributed by atoms with E-state index in [1.54, 1.807) is 7.11 Å². The molecule has 0 aromatic heterocycles. The number of hydrogen-bond acceptors (Lipinski definition) is 3. The van der Waals surface area contributed by atoms with Crippen molar-refractivity contribution in [2.45, 2.75) is 52.5 Å². The van der Waals surface area contributed by atoms with Crippen molar-refractivity contribution in [3.05, 3.63) is 59.2 Å². The SMILES string of the molecule is CCCCN1C(=O)CC[C@@H](C(=O)Nc2cc(C)ccc2C)[C@@H]1c1ccccc1OC. The number of rotatable bonds is 7. The van der Waals surface area contributed by atoms with Gasteiger partial charge in [0.2, 0.25) is 11.8 Å². The van der Waals surface area contributed by atoms with Gasteiger partial charge in [0.25, 0.3) is 0 Å². The first kappa shape index (κ1) is 21.9. The summed E-state index contributed by atoms with van der Waals surface area (Å²) in [7, 11) is 1.63. The molecule has 1 heterocycles. The number of ether oxygens (including phenoxy) is 1. The van der Waals surface area contributed by atoms with E-state index in [0.29, 0.717) is 25.1 Å². The fourth-order valence-corrected chi connectivity index (χ4v) is 4.21. The van der Waals surface area contributed by atoms with Gasteiger partial charge in [-0.05, 0) is 49.9 Å². The van der Waals surface area contributed by atoms with Crippen LogP contribution in [-0.4, -0.2) is 30.4 Å². The normalized spacial score (nSPS) is 18.9. The highest BCUT2D eigenvalue weighted by atomic mass is 16.5. The first-order valence-electron chi connectivity index (χ1n) is 10.8. The minimum absolute atomic E-state index is 0.0476. The number of para-hydroxylation sites is 1. The number of hydrogen-bond donors (Lipinski definition) is 1. The molecule has 2 amide bonds. The van der Waals surface area contributed by atoms with E-state index < -0.39 is 0 Å². The van der Waals surface area contributed by atoms with Crippen LogP contribution in [0, 0.1) is 19.8 Å². The number of aryl methyl sites for hydroxylation is 2. The van der Waals surface area contributed by atoms with Gasteiger partial charge >= 0.3 is 0 Å². The highest BCUT2D eigenvalue weighted by molar-refractivity contribution is 5.95. The monoisotopic (exact) mass is 408 g/mol. The van der Waals surface area contributed by atoms with E-state index in [0.717, 1.165) is 35.2 Å². The van der Waals surface area contributed by atoms with E-state index in [4.69, 9.17) is 4.74 Å². The van der Waals surface area contributed by atoms with Gasteiger partial charge in [0.1, 0.15) is 5.75 Å². The van der Waals surface area contributed by atoms with Gasteiger partial charge in [-0.25, -0.2) is 0 Å². The number of amides is 2. The largest absolute Gasteiger partial charge is 0.496 e. The van der Waals surface area contributed by atoms with Crippen LogP contribution < -0.4 is 10.1 Å². The molecule has 1 N–H and O–H groups in total. The number of likely N-dealkylation sites (tertiary alicyclic amines) is 1. The van der Waals surface area contributed by atoms with Crippen molar-refractivity contribution in [3.63, 3.8) is 0 Å². The molecular weight excluding hydrogens is 376 g/mol. The van der Waals surface area contributed by atoms with Crippen molar-refractivity contribution < 1.29 is 14.3 Å². The van der Waals surface area contributed by atoms with Crippen molar-refractivity contribution in [1.29, 1.82) is 0 Å². The lowest BCUT2D eigenvalue weighted by Crippen LogP contribution is -2.47. The van der Waals surface area contributed by atoms with E-state index in [-0.39, 0.29) is 23.8 Å². The van der Waals surface area contributed by atoms with Crippen molar-refractivity contribution in [1.82, 2.24) is 4.90 Å². The first-order valence-corrected chi connectivity index (χ1v) is 10.8. The average Bonchev–Trinajstić information content (AvgIpc) is 2.75. The zero-order valence-electron chi connectivity index (χ0n) is 18.4. The van der Waals surface area contributed by atoms with Crippen molar-refractivity contribution >= 4 is 17.5 Å². The molecule has 5 nitrogen and oxygen atoms in total. The Morgan fingerprint density at radius 1 is 1.20 bits per heavy atom. The summed E-state index contributed by atoms with van der Waals surface area (Å²) in [5.74, 6) is 0.433. The molecule has 2 aromatic rings. The van der Waals surface area contributed by atoms with Gasteiger partial charge in [0, 0.05) is 24.2 Å². The minimum atomic E-state index is -0.337. The summed E-state index contributed by atoms with van der Waals surface area (Å²) in [4.78, 5) is 28.2. The third-order valence-electron chi connectivity index (χ3n) is 5.90. The number of unbranched alkanes of at least 4 members (excludes halogenated alkanes) is 1. The average molecular weight is 409 g/mol. The highest BCUT2D eigenvalue weighted by Gasteiger charge is 2.41. The van der Waals surface area contributed by atoms with Gasteiger partial charge in [-0.15, -0.1) is 0 Å². The fourth-order valence-electron chi connectivity index (χ4n) is 4.21. The Morgan fingerprint density at radius 2 is 1.97 bits per heavy atom. The second kappa shape index (κ2) is 9.79. The van der Waals surface area contributed by atoms with Crippen molar-refractivity contribution in [3.8, 4) is 5.75 Å². The third-order valence-corrected chi connectivity index (χ3v) is 5.90. The minimum Gasteiger partial charge on any atom is -0.496 e. The Labute approximate surface area is 179 Å². The van der Waals surface area contributed by atoms with Crippen LogP contribution in [0.3, 0.4) is 0 Å². The summed E-state index contributed by atoms with van der Waals surface area (Å²) in [6.07, 6.45) is 2.81. The molecule has 0 saturated carbocycles. The smallest absolute Gasteiger partial charge is 0.229 e. The Hall–Kier alpha value is -2.82. The van der Waals surface area contributed by atoms with Crippen LogP contribution in [0.1, 0.15) is 55.3 Å². The predicted octanol–water partition coefficient (Wildman–Crippen LogP) is 5.03. The summed E-state index contributed by atoms with van der Waals surface area (Å²) in [5.41, 5.74) is 3.85. The molecular formula is C25H32N2O3. The fraction of sp³-hybridized carbons (Fsp3) is 0.440. The third kappa shape index (κ3) is 4.66. The molecule has 0 radical (unpaired) electrons. The number of anilines is 1. The van der Waals surface area contributed by atoms with Gasteiger partial charge in [-0.3, -0.25) is 9.59 Å². The molecule has 0 unspecified atom stereocenters. The number of methoxy groups -OCH3 is 1. The van der Waals surface area contributed by atoms with Crippen LogP contribution in [0.15, 0.2) is 42.5 Å². The van der Waals surface area contributed by atoms with Gasteiger partial charge in [-0.1, -0.05) is 43.7 Å². The van der Waals surface area contributed by atoms with Crippen LogP contribution in [0.2, 0.25) is 0 Å². The molecule has 0 bridgehead atoms. The molecule has 0 spiro atoms. The predicted molar refractivity (Wildman–Crippen MR) is 120 cm³/mol. The molecule has 1 aliphatic rings. The molecule has 2 atom stereocenters. The molecule has 1 fully saturated rings. The quantitative estimate of drug-likeness (QED) is 0.699. The molecule has 2 aromatic carbocycles. The van der Waals surface area contributed by atoms with Crippen LogP contribution >= 0.6 is 0 Å². The summed E-state index contributed by atoms with van der Waals surface area (Å²) in [6.45, 7) is 6.76. The van der Waals surface area contributed by atoms with Crippen LogP contribution in [0.4, 0.5) is 5.69 Å². The van der Waals surface area contributed by atoms with E-state index in [1.165, 1.54) is 0 Å². The van der Waals surface area contributed by atoms with E-state index in [2.05, 4.69) is 12.2 Å². The Kier molecular flexibility index (Phi) is 7.14. The topological polar surface area (TPSA) is 58.6 Å². The molecule has 1 saturated heterocycles. The summed E-state index contributed by atoms with van der Waals surface area (Å²) < 4.78 is 5.60. The second-order valence-corrected chi connectivity index (χ2v) is 8.08. The number of carbonyl (C=O) groups is 2. The van der Waals surface area contributed by atoms with Crippen LogP contribution in [0.25, 0.3) is 0 Å². The molecule has 1 aliphatic heterocycles. The second-order valence-electron chi connectivity index (χ2n) is 8.08. The maximum Gasteiger partial charge on any atom is 0.229 e. The van der Waals surface area contributed by atoms with Gasteiger partial charge in [0.05, 0.1) is 19.1 Å². The summed E-state index contributed by atoms with van der Waals surface area (Å²) in [5, 5.41) is 3.13. The maximum absolute atomic E-state index is 13.5. The van der Waals surface area contributed by atoms with Gasteiger partial charge < -0.3 is 15.0 Å². The summed E-state index contributed by atoms with van der Waals surface area (Å²) >= 11 is 0. The van der Waals surface area contributed by atoms with Gasteiger partial charge in [0.15, 0.2) is 0 Å². The van der Waals surface area contributed by atoms with Crippen molar-refractivity contribution in [2.24, 2.45) is 5.92 Å². The molecule has 3 rings (SSSR count). The highest BCUT2D eigenvalue weighted by Crippen LogP contribution is 2.41. The Balaban J connectivity index is 1.98. The van der Waals surface area contributed by atoms with Crippen LogP contribution in [0.5, 0.6) is 5.75 Å². The lowest BCUT2D eigenvalue weighted by Gasteiger charge is -2.41. The molecule has 5 heteroatoms. The van der Waals surface area contributed by atoms with Gasteiger partial charge in [-0.2, -0.15) is 0 Å². The van der Waals surface area contributed by atoms with Crippen molar-refractivity contribution in [2.75, 3.05) is 19.0 Å². The number of piperidine rings is 1. The first-order chi connectivity index (χ1) is 14.5.